The molecule has 0 aromatic heterocycles. The van der Waals surface area contributed by atoms with Crippen molar-refractivity contribution in [3.05, 3.63) is 71.8 Å². The fourth-order valence-electron chi connectivity index (χ4n) is 3.13. The van der Waals surface area contributed by atoms with Crippen molar-refractivity contribution >= 4 is 23.7 Å². The summed E-state index contributed by atoms with van der Waals surface area (Å²) < 4.78 is 0. The van der Waals surface area contributed by atoms with Gasteiger partial charge in [-0.05, 0) is 49.2 Å². The summed E-state index contributed by atoms with van der Waals surface area (Å²) in [6.07, 6.45) is 5.42. The number of rotatable bonds is 6. The van der Waals surface area contributed by atoms with Gasteiger partial charge in [0.2, 0.25) is 0 Å². The normalized spacial score (nSPS) is 16.0. The van der Waals surface area contributed by atoms with E-state index in [0.717, 1.165) is 38.0 Å². The minimum atomic E-state index is -0.515. The lowest BCUT2D eigenvalue weighted by molar-refractivity contribution is -0.124. The Bertz CT molecular complexity index is 741. The number of amides is 1. The number of piperidine rings is 1. The van der Waals surface area contributed by atoms with Crippen LogP contribution in [0, 0.1) is 0 Å². The van der Waals surface area contributed by atoms with Crippen molar-refractivity contribution in [3.63, 3.8) is 0 Å². The summed E-state index contributed by atoms with van der Waals surface area (Å²) in [6.45, 7) is 3.24. The highest BCUT2D eigenvalue weighted by atomic mass is 32.2. The zero-order valence-electron chi connectivity index (χ0n) is 14.7. The van der Waals surface area contributed by atoms with Crippen LogP contribution in [0.25, 0.3) is 6.08 Å². The van der Waals surface area contributed by atoms with E-state index < -0.39 is 5.91 Å². The standard InChI is InChI=1S/C21H24N2O2S/c24-21(22-25)11-10-18-8-4-5-9-20(18)26-19-12-14-23(15-13-19)16-17-6-2-1-3-7-17/h1-11,19,25H,12-16H2,(H,22,24)/b11-10+. The SMILES string of the molecule is O=C(/C=C/c1ccccc1SC1CCN(Cc2ccccc2)CC1)NO. The molecule has 1 fully saturated rings. The molecule has 0 spiro atoms. The number of hydrogen-bond acceptors (Lipinski definition) is 4. The smallest absolute Gasteiger partial charge is 0.267 e. The van der Waals surface area contributed by atoms with Gasteiger partial charge in [-0.1, -0.05) is 48.5 Å². The van der Waals surface area contributed by atoms with Crippen LogP contribution in [-0.4, -0.2) is 34.4 Å². The lowest BCUT2D eigenvalue weighted by Crippen LogP contribution is -2.34. The zero-order valence-corrected chi connectivity index (χ0v) is 15.5. The van der Waals surface area contributed by atoms with Gasteiger partial charge in [0.15, 0.2) is 0 Å². The van der Waals surface area contributed by atoms with Gasteiger partial charge >= 0.3 is 0 Å². The van der Waals surface area contributed by atoms with Crippen molar-refractivity contribution in [3.8, 4) is 0 Å². The lowest BCUT2D eigenvalue weighted by atomic mass is 10.1. The Morgan fingerprint density at radius 2 is 1.81 bits per heavy atom. The minimum absolute atomic E-state index is 0.515. The van der Waals surface area contributed by atoms with E-state index in [9.17, 15) is 4.79 Å². The van der Waals surface area contributed by atoms with Crippen molar-refractivity contribution in [1.82, 2.24) is 10.4 Å². The summed E-state index contributed by atoms with van der Waals surface area (Å²) in [5.74, 6) is -0.515. The Morgan fingerprint density at radius 3 is 2.54 bits per heavy atom. The van der Waals surface area contributed by atoms with E-state index in [1.54, 1.807) is 11.6 Å². The van der Waals surface area contributed by atoms with Crippen molar-refractivity contribution < 1.29 is 10.0 Å². The highest BCUT2D eigenvalue weighted by molar-refractivity contribution is 8.00. The largest absolute Gasteiger partial charge is 0.299 e. The molecule has 2 N–H and O–H groups in total. The van der Waals surface area contributed by atoms with Gasteiger partial charge in [0.05, 0.1) is 0 Å². The molecule has 4 nitrogen and oxygen atoms in total. The molecule has 1 aliphatic rings. The highest BCUT2D eigenvalue weighted by Gasteiger charge is 2.20. The third-order valence-electron chi connectivity index (χ3n) is 4.52. The molecule has 2 aromatic carbocycles. The fourth-order valence-corrected chi connectivity index (χ4v) is 4.37. The van der Waals surface area contributed by atoms with Crippen LogP contribution in [0.1, 0.15) is 24.0 Å². The third-order valence-corrected chi connectivity index (χ3v) is 5.95. The van der Waals surface area contributed by atoms with Gasteiger partial charge in [-0.3, -0.25) is 14.9 Å². The Balaban J connectivity index is 1.55. The van der Waals surface area contributed by atoms with Gasteiger partial charge in [0.25, 0.3) is 5.91 Å². The average molecular weight is 369 g/mol. The number of thioether (sulfide) groups is 1. The van der Waals surface area contributed by atoms with Crippen LogP contribution in [0.4, 0.5) is 0 Å². The highest BCUT2D eigenvalue weighted by Crippen LogP contribution is 2.33. The third kappa shape index (κ3) is 5.46. The van der Waals surface area contributed by atoms with Gasteiger partial charge in [-0.25, -0.2) is 5.48 Å². The number of nitrogens with one attached hydrogen (secondary N) is 1. The maximum Gasteiger partial charge on any atom is 0.267 e. The second kappa shape index (κ2) is 9.57. The quantitative estimate of drug-likeness (QED) is 0.460. The Labute approximate surface area is 158 Å². The Hall–Kier alpha value is -2.08. The van der Waals surface area contributed by atoms with E-state index in [1.807, 2.05) is 30.0 Å². The maximum atomic E-state index is 11.2. The van der Waals surface area contributed by atoms with Crippen molar-refractivity contribution in [1.29, 1.82) is 0 Å². The molecular formula is C21H24N2O2S. The van der Waals surface area contributed by atoms with Crippen LogP contribution >= 0.6 is 11.8 Å². The van der Waals surface area contributed by atoms with E-state index in [4.69, 9.17) is 5.21 Å². The van der Waals surface area contributed by atoms with Gasteiger partial charge in [-0.15, -0.1) is 11.8 Å². The summed E-state index contributed by atoms with van der Waals surface area (Å²) in [5.41, 5.74) is 4.00. The van der Waals surface area contributed by atoms with Crippen LogP contribution in [0.5, 0.6) is 0 Å². The summed E-state index contributed by atoms with van der Waals surface area (Å²) >= 11 is 1.89. The first-order chi connectivity index (χ1) is 12.7. The van der Waals surface area contributed by atoms with E-state index >= 15 is 0 Å². The minimum Gasteiger partial charge on any atom is -0.299 e. The molecule has 0 bridgehead atoms. The molecule has 2 aromatic rings. The van der Waals surface area contributed by atoms with E-state index in [2.05, 4.69) is 41.3 Å². The molecular weight excluding hydrogens is 344 g/mol. The molecule has 1 aliphatic heterocycles. The first-order valence-electron chi connectivity index (χ1n) is 8.89. The second-order valence-electron chi connectivity index (χ2n) is 6.43. The average Bonchev–Trinajstić information content (AvgIpc) is 2.69. The van der Waals surface area contributed by atoms with Gasteiger partial charge in [0.1, 0.15) is 0 Å². The van der Waals surface area contributed by atoms with Crippen molar-refractivity contribution in [2.24, 2.45) is 0 Å². The number of benzene rings is 2. The molecule has 26 heavy (non-hydrogen) atoms. The van der Waals surface area contributed by atoms with Crippen LogP contribution < -0.4 is 5.48 Å². The van der Waals surface area contributed by atoms with Crippen LogP contribution in [0.2, 0.25) is 0 Å². The molecule has 0 unspecified atom stereocenters. The summed E-state index contributed by atoms with van der Waals surface area (Å²) in [5, 5.41) is 9.20. The molecule has 0 atom stereocenters. The first kappa shape index (κ1) is 18.7. The predicted molar refractivity (Wildman–Crippen MR) is 106 cm³/mol. The van der Waals surface area contributed by atoms with E-state index in [0.29, 0.717) is 5.25 Å². The number of likely N-dealkylation sites (tertiary alicyclic amines) is 1. The van der Waals surface area contributed by atoms with Gasteiger partial charge < -0.3 is 0 Å². The zero-order chi connectivity index (χ0) is 18.2. The molecule has 136 valence electrons. The summed E-state index contributed by atoms with van der Waals surface area (Å²) in [7, 11) is 0. The lowest BCUT2D eigenvalue weighted by Gasteiger charge is -2.31. The number of nitrogens with zero attached hydrogens (tertiary/aromatic N) is 1. The van der Waals surface area contributed by atoms with Crippen LogP contribution in [0.3, 0.4) is 0 Å². The molecule has 1 heterocycles. The fraction of sp³-hybridized carbons (Fsp3) is 0.286. The predicted octanol–water partition coefficient (Wildman–Crippen LogP) is 3.96. The molecule has 0 radical (unpaired) electrons. The first-order valence-corrected chi connectivity index (χ1v) is 9.76. The summed E-state index contributed by atoms with van der Waals surface area (Å²) in [6, 6.07) is 18.7. The molecule has 3 rings (SSSR count). The molecule has 0 saturated carbocycles. The second-order valence-corrected chi connectivity index (χ2v) is 7.77. The number of carbonyl (C=O) groups is 1. The topological polar surface area (TPSA) is 52.6 Å². The van der Waals surface area contributed by atoms with Crippen LogP contribution in [0.15, 0.2) is 65.6 Å². The monoisotopic (exact) mass is 368 g/mol. The molecule has 1 amide bonds. The van der Waals surface area contributed by atoms with Gasteiger partial charge in [0, 0.05) is 22.8 Å². The summed E-state index contributed by atoms with van der Waals surface area (Å²) in [4.78, 5) is 14.9. The number of carbonyl (C=O) groups excluding carboxylic acids is 1. The van der Waals surface area contributed by atoms with E-state index in [-0.39, 0.29) is 0 Å². The van der Waals surface area contributed by atoms with E-state index in [1.165, 1.54) is 16.5 Å². The number of hydrogen-bond donors (Lipinski definition) is 2. The van der Waals surface area contributed by atoms with Gasteiger partial charge in [-0.2, -0.15) is 0 Å². The molecule has 1 saturated heterocycles. The molecule has 5 heteroatoms. The Kier molecular flexibility index (Phi) is 6.89. The molecule has 0 aliphatic carbocycles. The van der Waals surface area contributed by atoms with Crippen molar-refractivity contribution in [2.45, 2.75) is 29.5 Å². The van der Waals surface area contributed by atoms with Crippen molar-refractivity contribution in [2.75, 3.05) is 13.1 Å². The Morgan fingerprint density at radius 1 is 1.12 bits per heavy atom. The number of hydroxylamine groups is 1. The van der Waals surface area contributed by atoms with Crippen LogP contribution in [-0.2, 0) is 11.3 Å². The maximum absolute atomic E-state index is 11.2.